The second-order valence-electron chi connectivity index (χ2n) is 10.7. The van der Waals surface area contributed by atoms with Crippen LogP contribution in [0.5, 0.6) is 11.5 Å². The molecular weight excluding hydrogens is 554 g/mol. The van der Waals surface area contributed by atoms with Gasteiger partial charge in [0.25, 0.3) is 0 Å². The zero-order chi connectivity index (χ0) is 30.9. The van der Waals surface area contributed by atoms with Gasteiger partial charge in [0.2, 0.25) is 5.91 Å². The van der Waals surface area contributed by atoms with Gasteiger partial charge < -0.3 is 24.3 Å². The Morgan fingerprint density at radius 3 is 1.67 bits per heavy atom. The zero-order valence-corrected chi connectivity index (χ0v) is 25.9. The number of hydrogen-bond acceptors (Lipinski definition) is 8. The molecule has 1 amide bonds. The van der Waals surface area contributed by atoms with E-state index >= 15 is 0 Å². The first-order valence-corrected chi connectivity index (χ1v) is 14.6. The van der Waals surface area contributed by atoms with Gasteiger partial charge in [-0.15, -0.1) is 11.8 Å². The summed E-state index contributed by atoms with van der Waals surface area (Å²) in [6, 6.07) is 24.4. The van der Waals surface area contributed by atoms with Gasteiger partial charge in [-0.2, -0.15) is 0 Å². The van der Waals surface area contributed by atoms with E-state index in [0.29, 0.717) is 11.5 Å². The van der Waals surface area contributed by atoms with Gasteiger partial charge in [0.1, 0.15) is 23.1 Å². The molecule has 8 nitrogen and oxygen atoms in total. The number of benzene rings is 3. The largest absolute Gasteiger partial charge is 0.497 e. The Morgan fingerprint density at radius 1 is 0.762 bits per heavy atom. The van der Waals surface area contributed by atoms with Crippen LogP contribution in [0.4, 0.5) is 0 Å². The average Bonchev–Trinajstić information content (AvgIpc) is 2.96. The molecule has 0 bridgehead atoms. The number of hydrogen-bond donors (Lipinski definition) is 1. The highest BCUT2D eigenvalue weighted by Gasteiger charge is 2.39. The molecule has 1 N–H and O–H groups in total. The number of thioether (sulfide) groups is 1. The first kappa shape index (κ1) is 32.5. The third kappa shape index (κ3) is 8.28. The molecular formula is C33H39NO7S. The van der Waals surface area contributed by atoms with Crippen molar-refractivity contribution in [2.75, 3.05) is 20.0 Å². The summed E-state index contributed by atoms with van der Waals surface area (Å²) in [6.07, 6.45) is -1.15. The van der Waals surface area contributed by atoms with E-state index in [9.17, 15) is 14.4 Å². The third-order valence-corrected chi connectivity index (χ3v) is 7.97. The van der Waals surface area contributed by atoms with Crippen LogP contribution in [-0.2, 0) is 28.6 Å². The first-order valence-electron chi connectivity index (χ1n) is 13.6. The van der Waals surface area contributed by atoms with Crippen molar-refractivity contribution in [2.24, 2.45) is 0 Å². The standard InChI is InChI=1S/C33H39NO7S/c1-22(30(36)41-32(3,4)5)40-31(37)29(34-23(2)35)21-42-33(24-11-9-8-10-12-24,25-13-17-27(38-6)18-14-25)26-15-19-28(39-7)20-16-26/h8-20,22,29H,21H2,1-7H3,(H,34,35). The van der Waals surface area contributed by atoms with Crippen molar-refractivity contribution < 1.29 is 33.3 Å². The minimum absolute atomic E-state index is 0.131. The number of rotatable bonds is 12. The highest BCUT2D eigenvalue weighted by atomic mass is 32.2. The van der Waals surface area contributed by atoms with Crippen molar-refractivity contribution in [1.82, 2.24) is 5.32 Å². The fraction of sp³-hybridized carbons (Fsp3) is 0.364. The maximum absolute atomic E-state index is 13.4. The molecule has 42 heavy (non-hydrogen) atoms. The van der Waals surface area contributed by atoms with Crippen molar-refractivity contribution in [3.05, 3.63) is 95.6 Å². The normalized spacial score (nSPS) is 12.9. The summed E-state index contributed by atoms with van der Waals surface area (Å²) >= 11 is 1.47. The van der Waals surface area contributed by atoms with Gasteiger partial charge >= 0.3 is 11.9 Å². The van der Waals surface area contributed by atoms with E-state index in [1.807, 2.05) is 78.9 Å². The van der Waals surface area contributed by atoms with Crippen molar-refractivity contribution in [2.45, 2.75) is 57.1 Å². The SMILES string of the molecule is COc1ccc(C(SCC(NC(C)=O)C(=O)OC(C)C(=O)OC(C)(C)C)(c2ccccc2)c2ccc(OC)cc2)cc1. The molecule has 3 aromatic rings. The van der Waals surface area contributed by atoms with Crippen LogP contribution in [0, 0.1) is 0 Å². The van der Waals surface area contributed by atoms with Crippen LogP contribution >= 0.6 is 11.8 Å². The quantitative estimate of drug-likeness (QED) is 0.217. The van der Waals surface area contributed by atoms with Crippen LogP contribution < -0.4 is 14.8 Å². The Balaban J connectivity index is 2.06. The second kappa shape index (κ2) is 14.3. The van der Waals surface area contributed by atoms with Crippen LogP contribution in [0.2, 0.25) is 0 Å². The topological polar surface area (TPSA) is 100 Å². The molecule has 0 aromatic heterocycles. The molecule has 0 aliphatic heterocycles. The Hall–Kier alpha value is -3.98. The minimum Gasteiger partial charge on any atom is -0.497 e. The number of nitrogens with one attached hydrogen (secondary N) is 1. The van der Waals surface area contributed by atoms with Crippen molar-refractivity contribution >= 4 is 29.6 Å². The number of carbonyl (C=O) groups is 3. The van der Waals surface area contributed by atoms with Crippen LogP contribution in [0.15, 0.2) is 78.9 Å². The van der Waals surface area contributed by atoms with Gasteiger partial charge in [0, 0.05) is 12.7 Å². The van der Waals surface area contributed by atoms with Crippen LogP contribution in [0.1, 0.15) is 51.3 Å². The maximum atomic E-state index is 13.4. The summed E-state index contributed by atoms with van der Waals surface area (Å²) < 4.78 is 20.9. The highest BCUT2D eigenvalue weighted by Crippen LogP contribution is 2.49. The molecule has 3 rings (SSSR count). The van der Waals surface area contributed by atoms with E-state index < -0.39 is 40.3 Å². The summed E-state index contributed by atoms with van der Waals surface area (Å²) in [4.78, 5) is 38.1. The first-order chi connectivity index (χ1) is 19.9. The highest BCUT2D eigenvalue weighted by molar-refractivity contribution is 8.00. The molecule has 0 aliphatic carbocycles. The molecule has 0 aliphatic rings. The number of methoxy groups -OCH3 is 2. The van der Waals surface area contributed by atoms with Crippen LogP contribution in [0.3, 0.4) is 0 Å². The van der Waals surface area contributed by atoms with E-state index in [-0.39, 0.29) is 5.75 Å². The molecule has 2 atom stereocenters. The monoisotopic (exact) mass is 593 g/mol. The smallest absolute Gasteiger partial charge is 0.347 e. The molecule has 0 saturated carbocycles. The third-order valence-electron chi connectivity index (χ3n) is 6.33. The van der Waals surface area contributed by atoms with Crippen molar-refractivity contribution in [3.63, 3.8) is 0 Å². The van der Waals surface area contributed by atoms with Crippen molar-refractivity contribution in [3.8, 4) is 11.5 Å². The summed E-state index contributed by atoms with van der Waals surface area (Å²) in [7, 11) is 3.22. The lowest BCUT2D eigenvalue weighted by Gasteiger charge is -2.36. The molecule has 0 saturated heterocycles. The molecule has 224 valence electrons. The minimum atomic E-state index is -1.15. The Kier molecular flexibility index (Phi) is 11.1. The summed E-state index contributed by atoms with van der Waals surface area (Å²) in [5, 5.41) is 2.71. The summed E-state index contributed by atoms with van der Waals surface area (Å²) in [5.41, 5.74) is 2.09. The lowest BCUT2D eigenvalue weighted by atomic mass is 9.84. The Morgan fingerprint density at radius 2 is 1.24 bits per heavy atom. The van der Waals surface area contributed by atoms with Crippen LogP contribution in [-0.4, -0.2) is 55.6 Å². The summed E-state index contributed by atoms with van der Waals surface area (Å²) in [6.45, 7) is 7.99. The molecule has 3 aromatic carbocycles. The maximum Gasteiger partial charge on any atom is 0.347 e. The molecule has 0 radical (unpaired) electrons. The predicted molar refractivity (Wildman–Crippen MR) is 164 cm³/mol. The van der Waals surface area contributed by atoms with Gasteiger partial charge in [-0.1, -0.05) is 54.6 Å². The Labute approximate surface area is 252 Å². The number of carbonyl (C=O) groups excluding carboxylic acids is 3. The molecule has 2 unspecified atom stereocenters. The fourth-order valence-electron chi connectivity index (χ4n) is 4.39. The van der Waals surface area contributed by atoms with Gasteiger partial charge in [0.15, 0.2) is 6.10 Å². The molecule has 9 heteroatoms. The number of amides is 1. The van der Waals surface area contributed by atoms with Gasteiger partial charge in [-0.25, -0.2) is 9.59 Å². The fourth-order valence-corrected chi connectivity index (χ4v) is 5.93. The lowest BCUT2D eigenvalue weighted by molar-refractivity contribution is -0.175. The number of ether oxygens (including phenoxy) is 4. The second-order valence-corrected chi connectivity index (χ2v) is 11.9. The zero-order valence-electron chi connectivity index (χ0n) is 25.1. The number of esters is 2. The Bertz CT molecular complexity index is 1290. The van der Waals surface area contributed by atoms with E-state index in [1.54, 1.807) is 35.0 Å². The van der Waals surface area contributed by atoms with E-state index in [4.69, 9.17) is 18.9 Å². The van der Waals surface area contributed by atoms with Gasteiger partial charge in [-0.3, -0.25) is 4.79 Å². The van der Waals surface area contributed by atoms with Crippen molar-refractivity contribution in [1.29, 1.82) is 0 Å². The van der Waals surface area contributed by atoms with E-state index in [1.165, 1.54) is 25.6 Å². The van der Waals surface area contributed by atoms with Gasteiger partial charge in [0.05, 0.1) is 19.0 Å². The van der Waals surface area contributed by atoms with Gasteiger partial charge in [-0.05, 0) is 68.7 Å². The average molecular weight is 594 g/mol. The molecule has 0 spiro atoms. The summed E-state index contributed by atoms with van der Waals surface area (Å²) in [5.74, 6) is -0.260. The lowest BCUT2D eigenvalue weighted by Crippen LogP contribution is -2.46. The molecule has 0 fully saturated rings. The predicted octanol–water partition coefficient (Wildman–Crippen LogP) is 5.51. The van der Waals surface area contributed by atoms with Crippen LogP contribution in [0.25, 0.3) is 0 Å². The van der Waals surface area contributed by atoms with E-state index in [2.05, 4.69) is 5.32 Å². The van der Waals surface area contributed by atoms with E-state index in [0.717, 1.165) is 16.7 Å². The molecule has 0 heterocycles.